The first-order chi connectivity index (χ1) is 9.49. The van der Waals surface area contributed by atoms with Gasteiger partial charge >= 0.3 is 12.0 Å². The highest BCUT2D eigenvalue weighted by Crippen LogP contribution is 2.25. The van der Waals surface area contributed by atoms with E-state index in [0.29, 0.717) is 0 Å². The highest BCUT2D eigenvalue weighted by atomic mass is 35.5. The van der Waals surface area contributed by atoms with Gasteiger partial charge < -0.3 is 10.4 Å². The third kappa shape index (κ3) is 3.06. The summed E-state index contributed by atoms with van der Waals surface area (Å²) in [6, 6.07) is 4.78. The van der Waals surface area contributed by atoms with Crippen LogP contribution in [0.25, 0.3) is 0 Å². The number of hydrogen-bond acceptors (Lipinski definition) is 3. The van der Waals surface area contributed by atoms with E-state index in [1.54, 1.807) is 0 Å². The van der Waals surface area contributed by atoms with Gasteiger partial charge in [0, 0.05) is 0 Å². The quantitative estimate of drug-likeness (QED) is 0.804. The molecule has 0 spiro atoms. The summed E-state index contributed by atoms with van der Waals surface area (Å²) in [6.45, 7) is 0. The summed E-state index contributed by atoms with van der Waals surface area (Å²) in [5, 5.41) is 15.1. The highest BCUT2D eigenvalue weighted by molar-refractivity contribution is 7.14. The van der Waals surface area contributed by atoms with E-state index in [0.717, 1.165) is 11.3 Å². The average molecular weight is 315 g/mol. The molecular formula is C12H8ClFN2O3S. The standard InChI is InChI=1S/C12H8ClFN2O3S/c13-7-2-1-3-8(9(7)14)15-12(19)16-10-6(11(17)18)4-5-20-10/h1-5H,(H,17,18)(H2,15,16,19). The molecule has 5 nitrogen and oxygen atoms in total. The number of benzene rings is 1. The molecule has 0 atom stereocenters. The number of urea groups is 1. The SMILES string of the molecule is O=C(Nc1cccc(Cl)c1F)Nc1sccc1C(=O)O. The monoisotopic (exact) mass is 314 g/mol. The molecule has 2 amide bonds. The Morgan fingerprint density at radius 2 is 2.00 bits per heavy atom. The van der Waals surface area contributed by atoms with Crippen LogP contribution in [0.3, 0.4) is 0 Å². The average Bonchev–Trinajstić information content (AvgIpc) is 2.83. The molecule has 2 rings (SSSR count). The molecule has 3 N–H and O–H groups in total. The zero-order chi connectivity index (χ0) is 14.7. The number of amides is 2. The molecule has 2 aromatic rings. The lowest BCUT2D eigenvalue weighted by Gasteiger charge is -2.08. The number of nitrogens with one attached hydrogen (secondary N) is 2. The van der Waals surface area contributed by atoms with Crippen LogP contribution < -0.4 is 10.6 Å². The lowest BCUT2D eigenvalue weighted by atomic mass is 10.3. The fourth-order valence-corrected chi connectivity index (χ4v) is 2.38. The maximum atomic E-state index is 13.6. The number of carboxylic acid groups (broad SMARTS) is 1. The van der Waals surface area contributed by atoms with Crippen LogP contribution in [0.2, 0.25) is 5.02 Å². The van der Waals surface area contributed by atoms with Crippen molar-refractivity contribution in [1.29, 1.82) is 0 Å². The van der Waals surface area contributed by atoms with Crippen molar-refractivity contribution < 1.29 is 19.1 Å². The van der Waals surface area contributed by atoms with Crippen molar-refractivity contribution >= 4 is 45.6 Å². The topological polar surface area (TPSA) is 78.4 Å². The number of carbonyl (C=O) groups is 2. The number of carbonyl (C=O) groups excluding carboxylic acids is 1. The maximum Gasteiger partial charge on any atom is 0.338 e. The van der Waals surface area contributed by atoms with Gasteiger partial charge in [0.05, 0.1) is 16.3 Å². The van der Waals surface area contributed by atoms with E-state index in [9.17, 15) is 14.0 Å². The fraction of sp³-hybridized carbons (Fsp3) is 0. The van der Waals surface area contributed by atoms with E-state index in [-0.39, 0.29) is 21.3 Å². The zero-order valence-corrected chi connectivity index (χ0v) is 11.4. The van der Waals surface area contributed by atoms with Gasteiger partial charge in [0.25, 0.3) is 0 Å². The molecule has 8 heteroatoms. The molecule has 0 fully saturated rings. The Balaban J connectivity index is 2.11. The van der Waals surface area contributed by atoms with E-state index < -0.39 is 17.8 Å². The molecule has 0 saturated heterocycles. The van der Waals surface area contributed by atoms with Crippen LogP contribution >= 0.6 is 22.9 Å². The molecule has 1 aromatic heterocycles. The van der Waals surface area contributed by atoms with Gasteiger partial charge in [0.1, 0.15) is 5.00 Å². The Bertz CT molecular complexity index is 674. The van der Waals surface area contributed by atoms with Crippen molar-refractivity contribution in [2.75, 3.05) is 10.6 Å². The molecule has 20 heavy (non-hydrogen) atoms. The number of anilines is 2. The van der Waals surface area contributed by atoms with E-state index >= 15 is 0 Å². The van der Waals surface area contributed by atoms with E-state index in [1.807, 2.05) is 0 Å². The third-order valence-corrected chi connectivity index (χ3v) is 3.44. The van der Waals surface area contributed by atoms with Gasteiger partial charge in [-0.15, -0.1) is 11.3 Å². The van der Waals surface area contributed by atoms with Gasteiger partial charge in [0.2, 0.25) is 0 Å². The number of aromatic carboxylic acids is 1. The minimum atomic E-state index is -1.16. The van der Waals surface area contributed by atoms with Crippen LogP contribution in [0.5, 0.6) is 0 Å². The Kier molecular flexibility index (Phi) is 4.21. The van der Waals surface area contributed by atoms with Gasteiger partial charge in [-0.25, -0.2) is 14.0 Å². The predicted molar refractivity (Wildman–Crippen MR) is 75.3 cm³/mol. The summed E-state index contributed by atoms with van der Waals surface area (Å²) in [7, 11) is 0. The zero-order valence-electron chi connectivity index (χ0n) is 9.81. The van der Waals surface area contributed by atoms with Crippen LogP contribution in [0.4, 0.5) is 19.9 Å². The first kappa shape index (κ1) is 14.3. The number of carboxylic acids is 1. The Labute approximate surface area is 122 Å². The van der Waals surface area contributed by atoms with Crippen molar-refractivity contribution in [3.63, 3.8) is 0 Å². The lowest BCUT2D eigenvalue weighted by molar-refractivity contribution is 0.0698. The molecule has 1 aromatic carbocycles. The second-order valence-corrected chi connectivity index (χ2v) is 4.97. The van der Waals surface area contributed by atoms with E-state index in [2.05, 4.69) is 10.6 Å². The Morgan fingerprint density at radius 1 is 1.25 bits per heavy atom. The van der Waals surface area contributed by atoms with Crippen molar-refractivity contribution in [3.8, 4) is 0 Å². The van der Waals surface area contributed by atoms with Crippen molar-refractivity contribution in [2.45, 2.75) is 0 Å². The number of rotatable bonds is 3. The number of thiophene rings is 1. The summed E-state index contributed by atoms with van der Waals surface area (Å²) in [4.78, 5) is 22.6. The van der Waals surface area contributed by atoms with Gasteiger partial charge in [-0.1, -0.05) is 17.7 Å². The van der Waals surface area contributed by atoms with Crippen molar-refractivity contribution in [3.05, 3.63) is 46.0 Å². The first-order valence-electron chi connectivity index (χ1n) is 5.32. The second kappa shape index (κ2) is 5.89. The minimum Gasteiger partial charge on any atom is -0.478 e. The lowest BCUT2D eigenvalue weighted by Crippen LogP contribution is -2.20. The molecule has 0 bridgehead atoms. The van der Waals surface area contributed by atoms with Crippen LogP contribution in [-0.2, 0) is 0 Å². The van der Waals surface area contributed by atoms with Crippen LogP contribution in [0.1, 0.15) is 10.4 Å². The molecule has 1 heterocycles. The van der Waals surface area contributed by atoms with E-state index in [1.165, 1.54) is 29.6 Å². The summed E-state index contributed by atoms with van der Waals surface area (Å²) in [5.74, 6) is -1.91. The summed E-state index contributed by atoms with van der Waals surface area (Å²) < 4.78 is 13.6. The van der Waals surface area contributed by atoms with Crippen LogP contribution in [0, 0.1) is 5.82 Å². The molecule has 0 aliphatic carbocycles. The van der Waals surface area contributed by atoms with Gasteiger partial charge in [-0.2, -0.15) is 0 Å². The normalized spacial score (nSPS) is 10.1. The fourth-order valence-electron chi connectivity index (χ4n) is 1.43. The summed E-state index contributed by atoms with van der Waals surface area (Å²) in [5.41, 5.74) is -0.125. The molecule has 0 aliphatic rings. The molecule has 0 unspecified atom stereocenters. The highest BCUT2D eigenvalue weighted by Gasteiger charge is 2.15. The van der Waals surface area contributed by atoms with Gasteiger partial charge in [0.15, 0.2) is 5.82 Å². The number of halogens is 2. The predicted octanol–water partition coefficient (Wildman–Crippen LogP) is 3.88. The molecule has 0 aliphatic heterocycles. The van der Waals surface area contributed by atoms with Crippen molar-refractivity contribution in [1.82, 2.24) is 0 Å². The molecule has 104 valence electrons. The van der Waals surface area contributed by atoms with Crippen LogP contribution in [-0.4, -0.2) is 17.1 Å². The Hall–Kier alpha value is -2.12. The van der Waals surface area contributed by atoms with Crippen LogP contribution in [0.15, 0.2) is 29.6 Å². The molecule has 0 saturated carbocycles. The Morgan fingerprint density at radius 3 is 2.70 bits per heavy atom. The smallest absolute Gasteiger partial charge is 0.338 e. The van der Waals surface area contributed by atoms with Gasteiger partial charge in [-0.3, -0.25) is 5.32 Å². The molecule has 0 radical (unpaired) electrons. The third-order valence-electron chi connectivity index (χ3n) is 2.32. The van der Waals surface area contributed by atoms with Gasteiger partial charge in [-0.05, 0) is 23.6 Å². The summed E-state index contributed by atoms with van der Waals surface area (Å²) in [6.07, 6.45) is 0. The first-order valence-corrected chi connectivity index (χ1v) is 6.57. The maximum absolute atomic E-state index is 13.6. The second-order valence-electron chi connectivity index (χ2n) is 3.65. The largest absolute Gasteiger partial charge is 0.478 e. The van der Waals surface area contributed by atoms with E-state index in [4.69, 9.17) is 16.7 Å². The van der Waals surface area contributed by atoms with Crippen molar-refractivity contribution in [2.24, 2.45) is 0 Å². The molecular weight excluding hydrogens is 307 g/mol. The minimum absolute atomic E-state index is 0.0308. The summed E-state index contributed by atoms with van der Waals surface area (Å²) >= 11 is 6.64. The number of hydrogen-bond donors (Lipinski definition) is 3.